The summed E-state index contributed by atoms with van der Waals surface area (Å²) in [4.78, 5) is 23.4. The van der Waals surface area contributed by atoms with Gasteiger partial charge in [0.2, 0.25) is 0 Å². The van der Waals surface area contributed by atoms with E-state index in [1.54, 1.807) is 18.2 Å². The molecule has 0 spiro atoms. The minimum Gasteiger partial charge on any atom is -0.465 e. The van der Waals surface area contributed by atoms with Crippen LogP contribution >= 0.6 is 0 Å². The third-order valence-corrected chi connectivity index (χ3v) is 3.67. The highest BCUT2D eigenvalue weighted by Crippen LogP contribution is 2.25. The summed E-state index contributed by atoms with van der Waals surface area (Å²) in [6.07, 6.45) is 5.29. The molecule has 0 bridgehead atoms. The van der Waals surface area contributed by atoms with Gasteiger partial charge in [-0.1, -0.05) is 31.4 Å². The summed E-state index contributed by atoms with van der Waals surface area (Å²) < 4.78 is 10.0. The monoisotopic (exact) mass is 276 g/mol. The molecule has 0 atom stereocenters. The molecular weight excluding hydrogens is 256 g/mol. The van der Waals surface area contributed by atoms with E-state index in [9.17, 15) is 9.59 Å². The number of carbonyl (C=O) groups excluding carboxylic acids is 2. The molecule has 0 aromatic heterocycles. The van der Waals surface area contributed by atoms with Gasteiger partial charge < -0.3 is 9.47 Å². The molecule has 0 N–H and O–H groups in total. The molecule has 0 saturated heterocycles. The van der Waals surface area contributed by atoms with Gasteiger partial charge in [0.05, 0.1) is 18.6 Å². The van der Waals surface area contributed by atoms with Crippen LogP contribution in [0.1, 0.15) is 48.0 Å². The third kappa shape index (κ3) is 3.83. The number of esters is 2. The van der Waals surface area contributed by atoms with E-state index < -0.39 is 0 Å². The van der Waals surface area contributed by atoms with Gasteiger partial charge in [-0.05, 0) is 30.5 Å². The van der Waals surface area contributed by atoms with Crippen molar-refractivity contribution < 1.29 is 19.1 Å². The van der Waals surface area contributed by atoms with E-state index in [1.165, 1.54) is 13.5 Å². The molecule has 0 amide bonds. The van der Waals surface area contributed by atoms with Crippen LogP contribution < -0.4 is 0 Å². The van der Waals surface area contributed by atoms with Crippen LogP contribution in [0.5, 0.6) is 0 Å². The van der Waals surface area contributed by atoms with Gasteiger partial charge in [-0.2, -0.15) is 0 Å². The molecule has 0 heterocycles. The second-order valence-corrected chi connectivity index (χ2v) is 5.13. The topological polar surface area (TPSA) is 52.6 Å². The first-order valence-corrected chi connectivity index (χ1v) is 7.04. The summed E-state index contributed by atoms with van der Waals surface area (Å²) in [6.45, 7) is 0.208. The van der Waals surface area contributed by atoms with Crippen LogP contribution in [-0.4, -0.2) is 19.0 Å². The van der Waals surface area contributed by atoms with Crippen LogP contribution in [0.15, 0.2) is 24.3 Å². The van der Waals surface area contributed by atoms with Crippen molar-refractivity contribution in [2.75, 3.05) is 7.11 Å². The van der Waals surface area contributed by atoms with Gasteiger partial charge in [0, 0.05) is 0 Å². The Morgan fingerprint density at radius 2 is 1.95 bits per heavy atom. The van der Waals surface area contributed by atoms with Crippen LogP contribution in [0.2, 0.25) is 0 Å². The van der Waals surface area contributed by atoms with Gasteiger partial charge in [0.1, 0.15) is 6.61 Å². The maximum atomic E-state index is 11.9. The Bertz CT molecular complexity index is 475. The summed E-state index contributed by atoms with van der Waals surface area (Å²) in [7, 11) is 1.35. The van der Waals surface area contributed by atoms with Crippen LogP contribution in [0.4, 0.5) is 0 Å². The van der Waals surface area contributed by atoms with E-state index >= 15 is 0 Å². The van der Waals surface area contributed by atoms with E-state index in [0.29, 0.717) is 5.56 Å². The summed E-state index contributed by atoms with van der Waals surface area (Å²) in [5.41, 5.74) is 1.27. The summed E-state index contributed by atoms with van der Waals surface area (Å²) >= 11 is 0. The predicted octanol–water partition coefficient (Wildman–Crippen LogP) is 3.10. The number of benzene rings is 1. The number of ether oxygens (including phenoxy) is 2. The van der Waals surface area contributed by atoms with Crippen LogP contribution in [0, 0.1) is 5.92 Å². The molecule has 1 aliphatic rings. The van der Waals surface area contributed by atoms with E-state index in [0.717, 1.165) is 31.2 Å². The molecule has 108 valence electrons. The number of hydrogen-bond donors (Lipinski definition) is 0. The number of rotatable bonds is 4. The summed E-state index contributed by atoms with van der Waals surface area (Å²) in [5, 5.41) is 0. The van der Waals surface area contributed by atoms with Crippen molar-refractivity contribution in [1.29, 1.82) is 0 Å². The first-order chi connectivity index (χ1) is 9.70. The Hall–Kier alpha value is -1.84. The Morgan fingerprint density at radius 1 is 1.20 bits per heavy atom. The van der Waals surface area contributed by atoms with E-state index in [1.807, 2.05) is 6.07 Å². The fourth-order valence-corrected chi connectivity index (χ4v) is 2.52. The van der Waals surface area contributed by atoms with Crippen molar-refractivity contribution in [3.8, 4) is 0 Å². The van der Waals surface area contributed by atoms with E-state index in [-0.39, 0.29) is 24.5 Å². The quantitative estimate of drug-likeness (QED) is 0.793. The highest BCUT2D eigenvalue weighted by atomic mass is 16.5. The molecule has 1 saturated carbocycles. The second-order valence-electron chi connectivity index (χ2n) is 5.13. The van der Waals surface area contributed by atoms with Gasteiger partial charge >= 0.3 is 11.9 Å². The van der Waals surface area contributed by atoms with Crippen LogP contribution in [0.3, 0.4) is 0 Å². The normalized spacial score (nSPS) is 15.7. The number of hydrogen-bond acceptors (Lipinski definition) is 4. The zero-order valence-electron chi connectivity index (χ0n) is 11.8. The minimum absolute atomic E-state index is 0.0486. The Labute approximate surface area is 119 Å². The first-order valence-electron chi connectivity index (χ1n) is 7.04. The van der Waals surface area contributed by atoms with Crippen molar-refractivity contribution >= 4 is 11.9 Å². The maximum absolute atomic E-state index is 11.9. The molecule has 4 heteroatoms. The van der Waals surface area contributed by atoms with Crippen molar-refractivity contribution in [2.45, 2.75) is 38.7 Å². The van der Waals surface area contributed by atoms with Gasteiger partial charge in [0.15, 0.2) is 0 Å². The Balaban J connectivity index is 1.90. The minimum atomic E-state index is -0.384. The molecular formula is C16H20O4. The van der Waals surface area contributed by atoms with Crippen molar-refractivity contribution in [1.82, 2.24) is 0 Å². The zero-order chi connectivity index (χ0) is 14.4. The van der Waals surface area contributed by atoms with Gasteiger partial charge in [-0.15, -0.1) is 0 Å². The molecule has 2 rings (SSSR count). The molecule has 0 radical (unpaired) electrons. The lowest BCUT2D eigenvalue weighted by Gasteiger charge is -2.19. The highest BCUT2D eigenvalue weighted by molar-refractivity contribution is 5.89. The molecule has 1 aromatic rings. The summed E-state index contributed by atoms with van der Waals surface area (Å²) in [6, 6.07) is 6.97. The standard InChI is InChI=1S/C16H20O4/c1-19-15(17)14-9-5-6-12(10-14)11-20-16(18)13-7-3-2-4-8-13/h5-6,9-10,13H,2-4,7-8,11H2,1H3. The second kappa shape index (κ2) is 7.08. The zero-order valence-corrected chi connectivity index (χ0v) is 11.8. The maximum Gasteiger partial charge on any atom is 0.337 e. The van der Waals surface area contributed by atoms with Crippen LogP contribution in [-0.2, 0) is 20.9 Å². The van der Waals surface area contributed by atoms with Crippen LogP contribution in [0.25, 0.3) is 0 Å². The van der Waals surface area contributed by atoms with Crippen molar-refractivity contribution in [3.63, 3.8) is 0 Å². The first kappa shape index (κ1) is 14.6. The SMILES string of the molecule is COC(=O)c1cccc(COC(=O)C2CCCCC2)c1. The number of methoxy groups -OCH3 is 1. The van der Waals surface area contributed by atoms with Crippen molar-refractivity contribution in [2.24, 2.45) is 5.92 Å². The molecule has 0 unspecified atom stereocenters. The molecule has 1 fully saturated rings. The molecule has 4 nitrogen and oxygen atoms in total. The van der Waals surface area contributed by atoms with Gasteiger partial charge in [-0.3, -0.25) is 4.79 Å². The lowest BCUT2D eigenvalue weighted by atomic mass is 9.89. The highest BCUT2D eigenvalue weighted by Gasteiger charge is 2.22. The smallest absolute Gasteiger partial charge is 0.337 e. The average Bonchev–Trinajstić information content (AvgIpc) is 2.53. The fourth-order valence-electron chi connectivity index (χ4n) is 2.52. The molecule has 20 heavy (non-hydrogen) atoms. The third-order valence-electron chi connectivity index (χ3n) is 3.67. The lowest BCUT2D eigenvalue weighted by Crippen LogP contribution is -2.20. The fraction of sp³-hybridized carbons (Fsp3) is 0.500. The Kier molecular flexibility index (Phi) is 5.16. The molecule has 1 aromatic carbocycles. The predicted molar refractivity (Wildman–Crippen MR) is 74.2 cm³/mol. The number of carbonyl (C=O) groups is 2. The largest absolute Gasteiger partial charge is 0.465 e. The van der Waals surface area contributed by atoms with Gasteiger partial charge in [-0.25, -0.2) is 4.79 Å². The summed E-state index contributed by atoms with van der Waals surface area (Å²) in [5.74, 6) is -0.453. The van der Waals surface area contributed by atoms with E-state index in [4.69, 9.17) is 4.74 Å². The average molecular weight is 276 g/mol. The molecule has 0 aliphatic heterocycles. The van der Waals surface area contributed by atoms with Crippen molar-refractivity contribution in [3.05, 3.63) is 35.4 Å². The Morgan fingerprint density at radius 3 is 2.65 bits per heavy atom. The van der Waals surface area contributed by atoms with Gasteiger partial charge in [0.25, 0.3) is 0 Å². The van der Waals surface area contributed by atoms with E-state index in [2.05, 4.69) is 4.74 Å². The lowest BCUT2D eigenvalue weighted by molar-refractivity contribution is -0.151. The molecule has 1 aliphatic carbocycles.